The maximum absolute atomic E-state index is 13.4. The first kappa shape index (κ1) is 25.5. The van der Waals surface area contributed by atoms with Crippen molar-refractivity contribution in [2.24, 2.45) is 0 Å². The molecular formula is C22H28ClN3O5S. The first-order chi connectivity index (χ1) is 15.1. The summed E-state index contributed by atoms with van der Waals surface area (Å²) < 4.78 is 31.1. The van der Waals surface area contributed by atoms with Crippen molar-refractivity contribution in [1.82, 2.24) is 10.2 Å². The highest BCUT2D eigenvalue weighted by atomic mass is 35.5. The maximum atomic E-state index is 13.4. The third-order valence-corrected chi connectivity index (χ3v) is 6.33. The predicted octanol–water partition coefficient (Wildman–Crippen LogP) is 2.67. The van der Waals surface area contributed by atoms with Gasteiger partial charge in [-0.3, -0.25) is 13.9 Å². The lowest BCUT2D eigenvalue weighted by molar-refractivity contribution is -0.140. The highest BCUT2D eigenvalue weighted by Crippen LogP contribution is 2.22. The van der Waals surface area contributed by atoms with E-state index in [9.17, 15) is 18.0 Å². The standard InChI is InChI=1S/C22H28ClN3O5S/c1-5-20(22(28)24-2)25(14-16-6-12-19(31-3)13-7-16)21(27)15-26(32(4,29)30)18-10-8-17(23)9-11-18/h6-13,20H,5,14-15H2,1-4H3,(H,24,28)/t20-/m0/s1. The Labute approximate surface area is 194 Å². The molecule has 0 aliphatic rings. The molecule has 10 heteroatoms. The molecule has 174 valence electrons. The molecule has 1 N–H and O–H groups in total. The summed E-state index contributed by atoms with van der Waals surface area (Å²) in [6.45, 7) is 1.47. The van der Waals surface area contributed by atoms with Crippen LogP contribution in [0.15, 0.2) is 48.5 Å². The zero-order valence-electron chi connectivity index (χ0n) is 18.5. The molecule has 0 unspecified atom stereocenters. The quantitative estimate of drug-likeness (QED) is 0.562. The molecule has 8 nitrogen and oxygen atoms in total. The third kappa shape index (κ3) is 6.61. The summed E-state index contributed by atoms with van der Waals surface area (Å²) in [5, 5.41) is 3.02. The zero-order valence-corrected chi connectivity index (χ0v) is 20.1. The van der Waals surface area contributed by atoms with Gasteiger partial charge in [-0.25, -0.2) is 8.42 Å². The predicted molar refractivity (Wildman–Crippen MR) is 125 cm³/mol. The molecule has 0 aliphatic heterocycles. The normalized spacial score (nSPS) is 12.0. The fraction of sp³-hybridized carbons (Fsp3) is 0.364. The van der Waals surface area contributed by atoms with Gasteiger partial charge in [-0.05, 0) is 48.4 Å². The van der Waals surface area contributed by atoms with E-state index in [0.29, 0.717) is 22.9 Å². The SMILES string of the molecule is CC[C@@H](C(=O)NC)N(Cc1ccc(OC)cc1)C(=O)CN(c1ccc(Cl)cc1)S(C)(=O)=O. The van der Waals surface area contributed by atoms with Crippen molar-refractivity contribution in [2.45, 2.75) is 25.9 Å². The van der Waals surface area contributed by atoms with Crippen LogP contribution in [0.1, 0.15) is 18.9 Å². The summed E-state index contributed by atoms with van der Waals surface area (Å²) in [5.74, 6) is -0.167. The summed E-state index contributed by atoms with van der Waals surface area (Å²) in [6, 6.07) is 12.5. The second-order valence-electron chi connectivity index (χ2n) is 7.15. The summed E-state index contributed by atoms with van der Waals surface area (Å²) >= 11 is 5.91. The van der Waals surface area contributed by atoms with Crippen molar-refractivity contribution < 1.29 is 22.7 Å². The Bertz CT molecular complexity index is 1030. The topological polar surface area (TPSA) is 96.0 Å². The average molecular weight is 482 g/mol. The van der Waals surface area contributed by atoms with Crippen molar-refractivity contribution in [3.05, 3.63) is 59.1 Å². The van der Waals surface area contributed by atoms with E-state index in [1.807, 2.05) is 0 Å². The summed E-state index contributed by atoms with van der Waals surface area (Å²) in [5.41, 5.74) is 1.08. The lowest BCUT2D eigenvalue weighted by Crippen LogP contribution is -2.51. The molecule has 2 rings (SSSR count). The largest absolute Gasteiger partial charge is 0.497 e. The van der Waals surface area contributed by atoms with Gasteiger partial charge in [0.05, 0.1) is 19.1 Å². The van der Waals surface area contributed by atoms with Crippen LogP contribution in [-0.4, -0.2) is 58.1 Å². The van der Waals surface area contributed by atoms with E-state index in [-0.39, 0.29) is 12.5 Å². The minimum Gasteiger partial charge on any atom is -0.497 e. The van der Waals surface area contributed by atoms with Crippen molar-refractivity contribution in [1.29, 1.82) is 0 Å². The molecule has 0 aliphatic carbocycles. The monoisotopic (exact) mass is 481 g/mol. The number of benzene rings is 2. The number of hydrogen-bond donors (Lipinski definition) is 1. The number of nitrogens with zero attached hydrogens (tertiary/aromatic N) is 2. The molecule has 0 fully saturated rings. The number of likely N-dealkylation sites (N-methyl/N-ethyl adjacent to an activating group) is 1. The molecule has 0 saturated carbocycles. The Morgan fingerprint density at radius 2 is 1.69 bits per heavy atom. The lowest BCUT2D eigenvalue weighted by Gasteiger charge is -2.32. The van der Waals surface area contributed by atoms with Gasteiger partial charge in [-0.2, -0.15) is 0 Å². The number of ether oxygens (including phenoxy) is 1. The van der Waals surface area contributed by atoms with E-state index in [2.05, 4.69) is 5.32 Å². The zero-order chi connectivity index (χ0) is 23.9. The van der Waals surface area contributed by atoms with Gasteiger partial charge in [0.2, 0.25) is 21.8 Å². The number of halogens is 1. The van der Waals surface area contributed by atoms with Gasteiger partial charge in [0.25, 0.3) is 0 Å². The van der Waals surface area contributed by atoms with E-state index in [1.54, 1.807) is 50.4 Å². The number of hydrogen-bond acceptors (Lipinski definition) is 5. The molecule has 0 radical (unpaired) electrons. The van der Waals surface area contributed by atoms with Gasteiger partial charge in [0.1, 0.15) is 18.3 Å². The Balaban J connectivity index is 2.39. The van der Waals surface area contributed by atoms with Gasteiger partial charge in [0, 0.05) is 18.6 Å². The van der Waals surface area contributed by atoms with Crippen LogP contribution in [0.3, 0.4) is 0 Å². The molecule has 2 amide bonds. The van der Waals surface area contributed by atoms with Crippen LogP contribution in [0.2, 0.25) is 5.02 Å². The van der Waals surface area contributed by atoms with Crippen molar-refractivity contribution in [3.63, 3.8) is 0 Å². The van der Waals surface area contributed by atoms with Crippen LogP contribution in [0.5, 0.6) is 5.75 Å². The number of sulfonamides is 1. The molecule has 1 atom stereocenters. The van der Waals surface area contributed by atoms with Crippen molar-refractivity contribution >= 4 is 39.1 Å². The number of carbonyl (C=O) groups excluding carboxylic acids is 2. The van der Waals surface area contributed by atoms with Crippen molar-refractivity contribution in [3.8, 4) is 5.75 Å². The van der Waals surface area contributed by atoms with Crippen LogP contribution in [0, 0.1) is 0 Å². The number of nitrogens with one attached hydrogen (secondary N) is 1. The minimum absolute atomic E-state index is 0.132. The number of methoxy groups -OCH3 is 1. The second kappa shape index (κ2) is 11.2. The van der Waals surface area contributed by atoms with Gasteiger partial charge >= 0.3 is 0 Å². The van der Waals surface area contributed by atoms with Gasteiger partial charge in [-0.1, -0.05) is 30.7 Å². The maximum Gasteiger partial charge on any atom is 0.244 e. The summed E-state index contributed by atoms with van der Waals surface area (Å²) in [4.78, 5) is 27.3. The Hall–Kier alpha value is -2.78. The number of carbonyl (C=O) groups is 2. The highest BCUT2D eigenvalue weighted by molar-refractivity contribution is 7.92. The minimum atomic E-state index is -3.77. The summed E-state index contributed by atoms with van der Waals surface area (Å²) in [6.07, 6.45) is 1.39. The average Bonchev–Trinajstić information content (AvgIpc) is 2.77. The molecule has 0 spiro atoms. The molecule has 0 bridgehead atoms. The first-order valence-corrected chi connectivity index (χ1v) is 12.2. The molecule has 2 aromatic carbocycles. The van der Waals surface area contributed by atoms with E-state index in [4.69, 9.17) is 16.3 Å². The van der Waals surface area contributed by atoms with E-state index < -0.39 is 28.5 Å². The van der Waals surface area contributed by atoms with Crippen LogP contribution < -0.4 is 14.4 Å². The fourth-order valence-corrected chi connectivity index (χ4v) is 4.21. The lowest BCUT2D eigenvalue weighted by atomic mass is 10.1. The fourth-order valence-electron chi connectivity index (χ4n) is 3.23. The molecule has 0 saturated heterocycles. The first-order valence-electron chi connectivity index (χ1n) is 9.98. The van der Waals surface area contributed by atoms with Crippen LogP contribution >= 0.6 is 11.6 Å². The van der Waals surface area contributed by atoms with Crippen LogP contribution in [-0.2, 0) is 26.2 Å². The van der Waals surface area contributed by atoms with Crippen molar-refractivity contribution in [2.75, 3.05) is 31.3 Å². The summed E-state index contributed by atoms with van der Waals surface area (Å²) in [7, 11) is -0.721. The van der Waals surface area contributed by atoms with Gasteiger partial charge < -0.3 is 15.0 Å². The molecule has 32 heavy (non-hydrogen) atoms. The number of anilines is 1. The molecule has 0 aromatic heterocycles. The molecule has 2 aromatic rings. The van der Waals surface area contributed by atoms with Gasteiger partial charge in [0.15, 0.2) is 0 Å². The van der Waals surface area contributed by atoms with Gasteiger partial charge in [-0.15, -0.1) is 0 Å². The highest BCUT2D eigenvalue weighted by Gasteiger charge is 2.31. The Morgan fingerprint density at radius 1 is 1.09 bits per heavy atom. The molecule has 0 heterocycles. The number of amides is 2. The van der Waals surface area contributed by atoms with E-state index in [0.717, 1.165) is 16.1 Å². The van der Waals surface area contributed by atoms with E-state index >= 15 is 0 Å². The van der Waals surface area contributed by atoms with E-state index in [1.165, 1.54) is 24.1 Å². The second-order valence-corrected chi connectivity index (χ2v) is 9.50. The van der Waals surface area contributed by atoms with Crippen LogP contribution in [0.25, 0.3) is 0 Å². The Kier molecular flexibility index (Phi) is 8.91. The third-order valence-electron chi connectivity index (χ3n) is 4.94. The van der Waals surface area contributed by atoms with Crippen LogP contribution in [0.4, 0.5) is 5.69 Å². The Morgan fingerprint density at radius 3 is 2.16 bits per heavy atom. The number of rotatable bonds is 10. The molecular weight excluding hydrogens is 454 g/mol. The smallest absolute Gasteiger partial charge is 0.244 e.